The lowest BCUT2D eigenvalue weighted by atomic mass is 10.1. The van der Waals surface area contributed by atoms with E-state index in [9.17, 15) is 0 Å². The van der Waals surface area contributed by atoms with Crippen LogP contribution >= 0.6 is 11.8 Å². The van der Waals surface area contributed by atoms with Crippen LogP contribution in [0.2, 0.25) is 0 Å². The van der Waals surface area contributed by atoms with Crippen LogP contribution in [0.4, 0.5) is 5.69 Å². The molecule has 0 aliphatic carbocycles. The van der Waals surface area contributed by atoms with E-state index in [4.69, 9.17) is 0 Å². The Bertz CT molecular complexity index is 601. The Labute approximate surface area is 106 Å². The van der Waals surface area contributed by atoms with Crippen molar-refractivity contribution in [2.45, 2.75) is 18.7 Å². The number of hydrogen-bond donors (Lipinski definition) is 0. The average Bonchev–Trinajstić information content (AvgIpc) is 2.76. The molecule has 0 saturated heterocycles. The van der Waals surface area contributed by atoms with Crippen molar-refractivity contribution < 1.29 is 0 Å². The van der Waals surface area contributed by atoms with Crippen molar-refractivity contribution in [3.8, 4) is 0 Å². The molecule has 1 aliphatic heterocycles. The van der Waals surface area contributed by atoms with Gasteiger partial charge in [0.05, 0.1) is 10.7 Å². The van der Waals surface area contributed by atoms with Gasteiger partial charge in [-0.1, -0.05) is 48.2 Å². The van der Waals surface area contributed by atoms with Gasteiger partial charge in [0.1, 0.15) is 0 Å². The zero-order valence-electron chi connectivity index (χ0n) is 10.1. The largest absolute Gasteiger partial charge is 0.335 e. The van der Waals surface area contributed by atoms with Gasteiger partial charge in [0, 0.05) is 16.8 Å². The van der Waals surface area contributed by atoms with Gasteiger partial charge in [0.25, 0.3) is 0 Å². The van der Waals surface area contributed by atoms with Crippen LogP contribution in [-0.4, -0.2) is 6.54 Å². The maximum Gasteiger partial charge on any atom is 0.0758 e. The second-order valence-corrected chi connectivity index (χ2v) is 5.17. The molecule has 0 saturated carbocycles. The summed E-state index contributed by atoms with van der Waals surface area (Å²) in [4.78, 5) is 3.78. The van der Waals surface area contributed by atoms with Gasteiger partial charge < -0.3 is 4.90 Å². The lowest BCUT2D eigenvalue weighted by molar-refractivity contribution is 1.01. The molecule has 2 aromatic rings. The second kappa shape index (κ2) is 4.11. The number of rotatable bonds is 1. The monoisotopic (exact) mass is 241 g/mol. The van der Waals surface area contributed by atoms with Crippen LogP contribution < -0.4 is 4.90 Å². The van der Waals surface area contributed by atoms with Crippen LogP contribution in [0.3, 0.4) is 0 Å². The fraction of sp³-hybridized carbons (Fsp3) is 0.200. The van der Waals surface area contributed by atoms with Gasteiger partial charge in [0.15, 0.2) is 0 Å². The van der Waals surface area contributed by atoms with Gasteiger partial charge in [-0.25, -0.2) is 0 Å². The number of thioether (sulfide) groups is 1. The zero-order chi connectivity index (χ0) is 11.8. The standard InChI is InChI=1S/C15H15NS/c1-3-14-16(4-2)15-12-8-6-5-7-11(12)9-10-13(15)17-14/h3,5-10H,4H2,1-2H3. The molecule has 1 nitrogen and oxygen atoms in total. The number of benzene rings is 2. The number of fused-ring (bicyclic) bond motifs is 3. The van der Waals surface area contributed by atoms with Crippen molar-refractivity contribution in [1.29, 1.82) is 0 Å². The van der Waals surface area contributed by atoms with E-state index in [0.717, 1.165) is 6.54 Å². The minimum atomic E-state index is 1.02. The van der Waals surface area contributed by atoms with E-state index in [2.05, 4.69) is 61.2 Å². The summed E-state index contributed by atoms with van der Waals surface area (Å²) in [6, 6.07) is 13.1. The lowest BCUT2D eigenvalue weighted by Crippen LogP contribution is -2.16. The molecule has 0 aromatic heterocycles. The molecule has 2 heteroatoms. The van der Waals surface area contributed by atoms with Crippen LogP contribution in [0.15, 0.2) is 52.4 Å². The van der Waals surface area contributed by atoms with E-state index >= 15 is 0 Å². The molecule has 17 heavy (non-hydrogen) atoms. The third-order valence-corrected chi connectivity index (χ3v) is 4.39. The molecule has 0 radical (unpaired) electrons. The Hall–Kier alpha value is -1.41. The summed E-state index contributed by atoms with van der Waals surface area (Å²) in [7, 11) is 0. The first-order valence-electron chi connectivity index (χ1n) is 5.98. The number of anilines is 1. The first kappa shape index (κ1) is 10.7. The molecule has 0 amide bonds. The lowest BCUT2D eigenvalue weighted by Gasteiger charge is -2.19. The van der Waals surface area contributed by atoms with Gasteiger partial charge in [0.2, 0.25) is 0 Å². The summed E-state index contributed by atoms with van der Waals surface area (Å²) in [6.45, 7) is 5.34. The summed E-state index contributed by atoms with van der Waals surface area (Å²) >= 11 is 1.87. The van der Waals surface area contributed by atoms with Crippen molar-refractivity contribution in [3.05, 3.63) is 47.5 Å². The van der Waals surface area contributed by atoms with Crippen LogP contribution in [0.25, 0.3) is 10.8 Å². The summed E-state index contributed by atoms with van der Waals surface area (Å²) in [5.74, 6) is 0. The average molecular weight is 241 g/mol. The molecule has 1 aliphatic rings. The summed E-state index contributed by atoms with van der Waals surface area (Å²) in [5, 5.41) is 4.03. The van der Waals surface area contributed by atoms with Crippen molar-refractivity contribution >= 4 is 28.2 Å². The van der Waals surface area contributed by atoms with Crippen molar-refractivity contribution in [1.82, 2.24) is 0 Å². The summed E-state index contributed by atoms with van der Waals surface area (Å²) in [5.41, 5.74) is 1.38. The van der Waals surface area contributed by atoms with Crippen molar-refractivity contribution in [2.24, 2.45) is 0 Å². The van der Waals surface area contributed by atoms with Crippen LogP contribution in [0.5, 0.6) is 0 Å². The highest BCUT2D eigenvalue weighted by molar-refractivity contribution is 8.03. The molecule has 0 bridgehead atoms. The molecule has 0 atom stereocenters. The molecule has 0 unspecified atom stereocenters. The maximum absolute atomic E-state index is 2.41. The van der Waals surface area contributed by atoms with Gasteiger partial charge in [-0.2, -0.15) is 0 Å². The molecule has 1 heterocycles. The number of hydrogen-bond acceptors (Lipinski definition) is 2. The van der Waals surface area contributed by atoms with E-state index < -0.39 is 0 Å². The van der Waals surface area contributed by atoms with Crippen LogP contribution in [-0.2, 0) is 0 Å². The van der Waals surface area contributed by atoms with E-state index in [-0.39, 0.29) is 0 Å². The predicted molar refractivity (Wildman–Crippen MR) is 76.6 cm³/mol. The Balaban J connectivity index is 2.31. The molecule has 0 N–H and O–H groups in total. The number of allylic oxidation sites excluding steroid dienone is 1. The Kier molecular flexibility index (Phi) is 2.60. The van der Waals surface area contributed by atoms with Gasteiger partial charge in [-0.15, -0.1) is 0 Å². The first-order valence-corrected chi connectivity index (χ1v) is 6.80. The third-order valence-electron chi connectivity index (χ3n) is 3.18. The van der Waals surface area contributed by atoms with Crippen molar-refractivity contribution in [3.63, 3.8) is 0 Å². The second-order valence-electron chi connectivity index (χ2n) is 4.11. The molecule has 3 rings (SSSR count). The topological polar surface area (TPSA) is 3.24 Å². The fourth-order valence-corrected chi connectivity index (χ4v) is 3.53. The third kappa shape index (κ3) is 1.55. The summed E-state index contributed by atoms with van der Waals surface area (Å²) in [6.07, 6.45) is 2.20. The van der Waals surface area contributed by atoms with E-state index in [1.165, 1.54) is 26.4 Å². The fourth-order valence-electron chi connectivity index (χ4n) is 2.40. The highest BCUT2D eigenvalue weighted by Gasteiger charge is 2.24. The quantitative estimate of drug-likeness (QED) is 0.716. The van der Waals surface area contributed by atoms with Crippen LogP contribution in [0.1, 0.15) is 13.8 Å². The van der Waals surface area contributed by atoms with Gasteiger partial charge >= 0.3 is 0 Å². The first-order chi connectivity index (χ1) is 8.35. The zero-order valence-corrected chi connectivity index (χ0v) is 10.9. The van der Waals surface area contributed by atoms with E-state index in [1.807, 2.05) is 11.8 Å². The van der Waals surface area contributed by atoms with E-state index in [0.29, 0.717) is 0 Å². The SMILES string of the molecule is CC=C1Sc2ccc3ccccc3c2N1CC. The van der Waals surface area contributed by atoms with Crippen LogP contribution in [0, 0.1) is 0 Å². The normalized spacial score (nSPS) is 16.8. The Morgan fingerprint density at radius 3 is 2.76 bits per heavy atom. The molecule has 2 aromatic carbocycles. The maximum atomic E-state index is 2.41. The molecular weight excluding hydrogens is 226 g/mol. The van der Waals surface area contributed by atoms with E-state index in [1.54, 1.807) is 0 Å². The summed E-state index contributed by atoms with van der Waals surface area (Å²) < 4.78 is 0. The molecule has 86 valence electrons. The highest BCUT2D eigenvalue weighted by Crippen LogP contribution is 2.48. The smallest absolute Gasteiger partial charge is 0.0758 e. The van der Waals surface area contributed by atoms with Gasteiger partial charge in [-0.3, -0.25) is 0 Å². The molecular formula is C15H15NS. The van der Waals surface area contributed by atoms with Gasteiger partial charge in [-0.05, 0) is 25.3 Å². The van der Waals surface area contributed by atoms with Crippen molar-refractivity contribution in [2.75, 3.05) is 11.4 Å². The molecule has 0 spiro atoms. The predicted octanol–water partition coefficient (Wildman–Crippen LogP) is 4.63. The Morgan fingerprint density at radius 1 is 1.18 bits per heavy atom. The number of nitrogens with zero attached hydrogens (tertiary/aromatic N) is 1. The molecule has 0 fully saturated rings. The highest BCUT2D eigenvalue weighted by atomic mass is 32.2. The minimum absolute atomic E-state index is 1.02. The minimum Gasteiger partial charge on any atom is -0.335 e. The Morgan fingerprint density at radius 2 is 2.00 bits per heavy atom.